The molecule has 0 unspecified atom stereocenters. The van der Waals surface area contributed by atoms with Gasteiger partial charge in [0.15, 0.2) is 0 Å². The molecule has 1 saturated heterocycles. The summed E-state index contributed by atoms with van der Waals surface area (Å²) in [5.74, 6) is -1.11. The molecule has 138 valence electrons. The Morgan fingerprint density at radius 2 is 1.70 bits per heavy atom. The molecule has 2 aromatic carbocycles. The standard InChI is InChI=1S/C21H21N3O3/c25-19-13-16(14-7-1-3-9-17(14)22-19)20(26)23-18-10-4-2-8-15(18)21(27)24-11-5-6-12-24/h1-4,7-10,16H,5-6,11-13H2,(H,22,25)(H,23,26)/t16-/m1/s1. The maximum Gasteiger partial charge on any atom is 0.255 e. The first-order chi connectivity index (χ1) is 13.1. The number of carbonyl (C=O) groups is 3. The molecule has 0 bridgehead atoms. The van der Waals surface area contributed by atoms with Crippen molar-refractivity contribution in [3.05, 3.63) is 59.7 Å². The molecule has 0 spiro atoms. The number of likely N-dealkylation sites (tertiary alicyclic amines) is 1. The van der Waals surface area contributed by atoms with E-state index in [0.29, 0.717) is 16.9 Å². The van der Waals surface area contributed by atoms with Crippen molar-refractivity contribution < 1.29 is 14.4 Å². The Labute approximate surface area is 157 Å². The van der Waals surface area contributed by atoms with Crippen LogP contribution >= 0.6 is 0 Å². The minimum atomic E-state index is -0.579. The van der Waals surface area contributed by atoms with E-state index in [0.717, 1.165) is 31.5 Å². The van der Waals surface area contributed by atoms with Crippen LogP contribution in [0.2, 0.25) is 0 Å². The van der Waals surface area contributed by atoms with Crippen LogP contribution in [0.1, 0.15) is 41.1 Å². The second-order valence-electron chi connectivity index (χ2n) is 6.93. The van der Waals surface area contributed by atoms with Crippen LogP contribution in [-0.4, -0.2) is 35.7 Å². The van der Waals surface area contributed by atoms with Gasteiger partial charge in [0.2, 0.25) is 11.8 Å². The van der Waals surface area contributed by atoms with Gasteiger partial charge in [0.1, 0.15) is 0 Å². The molecule has 6 nitrogen and oxygen atoms in total. The van der Waals surface area contributed by atoms with Crippen molar-refractivity contribution in [2.45, 2.75) is 25.2 Å². The number of para-hydroxylation sites is 2. The van der Waals surface area contributed by atoms with Gasteiger partial charge in [-0.1, -0.05) is 30.3 Å². The highest BCUT2D eigenvalue weighted by molar-refractivity contribution is 6.08. The first-order valence-electron chi connectivity index (χ1n) is 9.21. The molecule has 2 heterocycles. The van der Waals surface area contributed by atoms with Gasteiger partial charge in [0.05, 0.1) is 17.2 Å². The van der Waals surface area contributed by atoms with Gasteiger partial charge >= 0.3 is 0 Å². The quantitative estimate of drug-likeness (QED) is 0.880. The fourth-order valence-electron chi connectivity index (χ4n) is 3.73. The Morgan fingerprint density at radius 3 is 2.52 bits per heavy atom. The van der Waals surface area contributed by atoms with Crippen molar-refractivity contribution in [1.29, 1.82) is 0 Å². The van der Waals surface area contributed by atoms with E-state index < -0.39 is 5.92 Å². The van der Waals surface area contributed by atoms with Gasteiger partial charge in [-0.05, 0) is 36.6 Å². The molecule has 2 aliphatic rings. The largest absolute Gasteiger partial charge is 0.339 e. The summed E-state index contributed by atoms with van der Waals surface area (Å²) in [6.07, 6.45) is 2.10. The van der Waals surface area contributed by atoms with Gasteiger partial charge < -0.3 is 15.5 Å². The lowest BCUT2D eigenvalue weighted by molar-refractivity contribution is -0.123. The second-order valence-corrected chi connectivity index (χ2v) is 6.93. The first kappa shape index (κ1) is 17.3. The number of rotatable bonds is 3. The summed E-state index contributed by atoms with van der Waals surface area (Å²) in [6, 6.07) is 14.4. The average Bonchev–Trinajstić information content (AvgIpc) is 3.22. The SMILES string of the molecule is O=C1C[C@@H](C(=O)Nc2ccccc2C(=O)N2CCCC2)c2ccccc2N1. The van der Waals surface area contributed by atoms with Crippen molar-refractivity contribution >= 4 is 29.1 Å². The summed E-state index contributed by atoms with van der Waals surface area (Å²) >= 11 is 0. The van der Waals surface area contributed by atoms with E-state index in [9.17, 15) is 14.4 Å². The number of nitrogens with one attached hydrogen (secondary N) is 2. The van der Waals surface area contributed by atoms with Crippen LogP contribution in [0.15, 0.2) is 48.5 Å². The van der Waals surface area contributed by atoms with Crippen LogP contribution in [0, 0.1) is 0 Å². The summed E-state index contributed by atoms with van der Waals surface area (Å²) in [7, 11) is 0. The Kier molecular flexibility index (Phi) is 4.62. The summed E-state index contributed by atoms with van der Waals surface area (Å²) in [6.45, 7) is 1.49. The average molecular weight is 363 g/mol. The minimum absolute atomic E-state index is 0.0646. The minimum Gasteiger partial charge on any atom is -0.339 e. The topological polar surface area (TPSA) is 78.5 Å². The maximum atomic E-state index is 13.0. The zero-order valence-corrected chi connectivity index (χ0v) is 14.9. The molecule has 0 radical (unpaired) electrons. The number of benzene rings is 2. The van der Waals surface area contributed by atoms with Gasteiger partial charge in [-0.2, -0.15) is 0 Å². The van der Waals surface area contributed by atoms with Crippen molar-refractivity contribution in [3.8, 4) is 0 Å². The number of hydrogen-bond acceptors (Lipinski definition) is 3. The smallest absolute Gasteiger partial charge is 0.255 e. The molecule has 27 heavy (non-hydrogen) atoms. The lowest BCUT2D eigenvalue weighted by Crippen LogP contribution is -2.32. The summed E-state index contributed by atoms with van der Waals surface area (Å²) in [5, 5.41) is 5.68. The molecule has 2 aliphatic heterocycles. The highest BCUT2D eigenvalue weighted by atomic mass is 16.2. The molecule has 3 amide bonds. The molecule has 0 aliphatic carbocycles. The number of anilines is 2. The lowest BCUT2D eigenvalue weighted by atomic mass is 9.89. The number of carbonyl (C=O) groups excluding carboxylic acids is 3. The third-order valence-corrected chi connectivity index (χ3v) is 5.12. The third-order valence-electron chi connectivity index (χ3n) is 5.12. The summed E-state index contributed by atoms with van der Waals surface area (Å²) < 4.78 is 0. The van der Waals surface area contributed by atoms with E-state index in [1.54, 1.807) is 30.3 Å². The Morgan fingerprint density at radius 1 is 1.00 bits per heavy atom. The van der Waals surface area contributed by atoms with E-state index in [1.165, 1.54) is 0 Å². The Hall–Kier alpha value is -3.15. The van der Waals surface area contributed by atoms with Gasteiger partial charge in [0.25, 0.3) is 5.91 Å². The van der Waals surface area contributed by atoms with E-state index >= 15 is 0 Å². The molecule has 2 aromatic rings. The van der Waals surface area contributed by atoms with Crippen LogP contribution in [0.25, 0.3) is 0 Å². The number of hydrogen-bond donors (Lipinski definition) is 2. The molecule has 1 atom stereocenters. The molecule has 2 N–H and O–H groups in total. The Bertz CT molecular complexity index is 903. The lowest BCUT2D eigenvalue weighted by Gasteiger charge is -2.25. The van der Waals surface area contributed by atoms with Crippen LogP contribution in [0.3, 0.4) is 0 Å². The van der Waals surface area contributed by atoms with E-state index in [2.05, 4.69) is 10.6 Å². The fraction of sp³-hybridized carbons (Fsp3) is 0.286. The maximum absolute atomic E-state index is 13.0. The van der Waals surface area contributed by atoms with E-state index in [1.807, 2.05) is 23.1 Å². The fourth-order valence-corrected chi connectivity index (χ4v) is 3.73. The Balaban J connectivity index is 1.59. The highest BCUT2D eigenvalue weighted by Crippen LogP contribution is 2.33. The summed E-state index contributed by atoms with van der Waals surface area (Å²) in [5.41, 5.74) is 2.43. The third kappa shape index (κ3) is 3.43. The van der Waals surface area contributed by atoms with E-state index in [-0.39, 0.29) is 24.1 Å². The van der Waals surface area contributed by atoms with Gasteiger partial charge in [-0.25, -0.2) is 0 Å². The molecule has 6 heteroatoms. The number of nitrogens with zero attached hydrogens (tertiary/aromatic N) is 1. The van der Waals surface area contributed by atoms with Gasteiger partial charge in [-0.15, -0.1) is 0 Å². The van der Waals surface area contributed by atoms with Crippen LogP contribution in [-0.2, 0) is 9.59 Å². The zero-order chi connectivity index (χ0) is 18.8. The van der Waals surface area contributed by atoms with Crippen molar-refractivity contribution in [1.82, 2.24) is 4.90 Å². The molecule has 0 saturated carbocycles. The molecule has 1 fully saturated rings. The zero-order valence-electron chi connectivity index (χ0n) is 14.9. The van der Waals surface area contributed by atoms with Gasteiger partial charge in [0, 0.05) is 25.2 Å². The highest BCUT2D eigenvalue weighted by Gasteiger charge is 2.31. The van der Waals surface area contributed by atoms with Crippen molar-refractivity contribution in [3.63, 3.8) is 0 Å². The summed E-state index contributed by atoms with van der Waals surface area (Å²) in [4.78, 5) is 39.5. The van der Waals surface area contributed by atoms with Crippen molar-refractivity contribution in [2.24, 2.45) is 0 Å². The van der Waals surface area contributed by atoms with Crippen molar-refractivity contribution in [2.75, 3.05) is 23.7 Å². The molecule has 0 aromatic heterocycles. The normalized spacial score (nSPS) is 18.6. The van der Waals surface area contributed by atoms with E-state index in [4.69, 9.17) is 0 Å². The van der Waals surface area contributed by atoms with Gasteiger partial charge in [-0.3, -0.25) is 14.4 Å². The number of amides is 3. The second kappa shape index (κ2) is 7.23. The molecule has 4 rings (SSSR count). The van der Waals surface area contributed by atoms with Crippen LogP contribution in [0.5, 0.6) is 0 Å². The molecular weight excluding hydrogens is 342 g/mol. The predicted molar refractivity (Wildman–Crippen MR) is 103 cm³/mol. The molecular formula is C21H21N3O3. The van der Waals surface area contributed by atoms with Crippen LogP contribution < -0.4 is 10.6 Å². The predicted octanol–water partition coefficient (Wildman–Crippen LogP) is 2.99. The first-order valence-corrected chi connectivity index (χ1v) is 9.21. The number of fused-ring (bicyclic) bond motifs is 1. The van der Waals surface area contributed by atoms with Crippen LogP contribution in [0.4, 0.5) is 11.4 Å². The monoisotopic (exact) mass is 363 g/mol.